The van der Waals surface area contributed by atoms with Crippen LogP contribution in [0.5, 0.6) is 0 Å². The predicted octanol–water partition coefficient (Wildman–Crippen LogP) is 4.32. The number of rotatable bonds is 7. The number of aromatic nitrogens is 2. The number of urea groups is 1. The molecule has 0 aliphatic heterocycles. The highest BCUT2D eigenvalue weighted by Gasteiger charge is 2.05. The first-order valence-electron chi connectivity index (χ1n) is 8.25. The van der Waals surface area contributed by atoms with E-state index in [2.05, 4.69) is 15.7 Å². The summed E-state index contributed by atoms with van der Waals surface area (Å²) in [5.41, 5.74) is 0.929. The van der Waals surface area contributed by atoms with Gasteiger partial charge in [0.2, 0.25) is 0 Å². The van der Waals surface area contributed by atoms with Gasteiger partial charge in [0, 0.05) is 23.7 Å². The van der Waals surface area contributed by atoms with Crippen LogP contribution in [-0.2, 0) is 0 Å². The summed E-state index contributed by atoms with van der Waals surface area (Å²) < 4.78 is 14.5. The molecular weight excluding hydrogens is 351 g/mol. The maximum atomic E-state index is 12.8. The van der Waals surface area contributed by atoms with Crippen molar-refractivity contribution in [2.75, 3.05) is 17.6 Å². The van der Waals surface area contributed by atoms with Gasteiger partial charge in [-0.1, -0.05) is 18.2 Å². The molecule has 134 valence electrons. The Hall–Kier alpha value is -2.80. The Labute approximate surface area is 155 Å². The van der Waals surface area contributed by atoms with E-state index in [0.717, 1.165) is 22.8 Å². The average molecular weight is 370 g/mol. The summed E-state index contributed by atoms with van der Waals surface area (Å²) in [6.07, 6.45) is 2.61. The molecule has 1 heterocycles. The van der Waals surface area contributed by atoms with Crippen LogP contribution >= 0.6 is 11.8 Å². The van der Waals surface area contributed by atoms with Gasteiger partial charge in [0.05, 0.1) is 5.69 Å². The lowest BCUT2D eigenvalue weighted by atomic mass is 10.3. The number of hydrogen-bond acceptors (Lipinski definition) is 3. The highest BCUT2D eigenvalue weighted by atomic mass is 32.2. The number of nitrogens with one attached hydrogen (secondary N) is 2. The fraction of sp³-hybridized carbons (Fsp3) is 0.158. The number of carbonyl (C=O) groups excluding carboxylic acids is 1. The van der Waals surface area contributed by atoms with E-state index in [1.165, 1.54) is 12.1 Å². The summed E-state index contributed by atoms with van der Waals surface area (Å²) in [6.45, 7) is 0.555. The summed E-state index contributed by atoms with van der Waals surface area (Å²) in [7, 11) is 0. The van der Waals surface area contributed by atoms with Crippen LogP contribution in [0.15, 0.2) is 71.8 Å². The second kappa shape index (κ2) is 9.05. The SMILES string of the molecule is O=C(NCCCSc1ccc(F)cc1)Nc1ccn(-c2ccccc2)n1. The van der Waals surface area contributed by atoms with Crippen molar-refractivity contribution in [3.05, 3.63) is 72.7 Å². The van der Waals surface area contributed by atoms with Gasteiger partial charge in [0.1, 0.15) is 5.82 Å². The minimum absolute atomic E-state index is 0.234. The van der Waals surface area contributed by atoms with Crippen molar-refractivity contribution in [2.45, 2.75) is 11.3 Å². The Morgan fingerprint density at radius 2 is 1.85 bits per heavy atom. The lowest BCUT2D eigenvalue weighted by molar-refractivity contribution is 0.252. The van der Waals surface area contributed by atoms with E-state index in [1.54, 1.807) is 40.8 Å². The zero-order valence-electron chi connectivity index (χ0n) is 14.1. The molecule has 0 spiro atoms. The summed E-state index contributed by atoms with van der Waals surface area (Å²) >= 11 is 1.63. The predicted molar refractivity (Wildman–Crippen MR) is 102 cm³/mol. The number of benzene rings is 2. The number of nitrogens with zero attached hydrogens (tertiary/aromatic N) is 2. The molecule has 1 aromatic heterocycles. The van der Waals surface area contributed by atoms with Crippen molar-refractivity contribution in [1.82, 2.24) is 15.1 Å². The van der Waals surface area contributed by atoms with E-state index in [0.29, 0.717) is 12.4 Å². The molecule has 0 saturated carbocycles. The van der Waals surface area contributed by atoms with Crippen molar-refractivity contribution in [2.24, 2.45) is 0 Å². The molecule has 2 amide bonds. The van der Waals surface area contributed by atoms with Gasteiger partial charge in [-0.3, -0.25) is 5.32 Å². The van der Waals surface area contributed by atoms with Gasteiger partial charge < -0.3 is 5.32 Å². The summed E-state index contributed by atoms with van der Waals surface area (Å²) in [5.74, 6) is 1.10. The third-order valence-corrected chi connectivity index (χ3v) is 4.64. The second-order valence-electron chi connectivity index (χ2n) is 5.52. The topological polar surface area (TPSA) is 59.0 Å². The lowest BCUT2D eigenvalue weighted by Crippen LogP contribution is -2.30. The first-order valence-corrected chi connectivity index (χ1v) is 9.23. The molecule has 0 radical (unpaired) electrons. The summed E-state index contributed by atoms with van der Waals surface area (Å²) in [5, 5.41) is 9.84. The monoisotopic (exact) mass is 370 g/mol. The van der Waals surface area contributed by atoms with Crippen LogP contribution < -0.4 is 10.6 Å². The number of para-hydroxylation sites is 1. The number of hydrogen-bond donors (Lipinski definition) is 2. The third kappa shape index (κ3) is 5.35. The van der Waals surface area contributed by atoms with Crippen LogP contribution in [0, 0.1) is 5.82 Å². The van der Waals surface area contributed by atoms with Crippen molar-refractivity contribution < 1.29 is 9.18 Å². The maximum absolute atomic E-state index is 12.8. The second-order valence-corrected chi connectivity index (χ2v) is 6.69. The van der Waals surface area contributed by atoms with E-state index >= 15 is 0 Å². The van der Waals surface area contributed by atoms with Crippen LogP contribution in [0.1, 0.15) is 6.42 Å². The first-order chi connectivity index (χ1) is 12.7. The third-order valence-electron chi connectivity index (χ3n) is 3.54. The minimum atomic E-state index is -0.282. The summed E-state index contributed by atoms with van der Waals surface area (Å²) in [4.78, 5) is 12.9. The highest BCUT2D eigenvalue weighted by Crippen LogP contribution is 2.18. The number of halogens is 1. The quantitative estimate of drug-likeness (QED) is 0.481. The van der Waals surface area contributed by atoms with Gasteiger partial charge in [0.15, 0.2) is 5.82 Å². The Morgan fingerprint density at radius 1 is 1.08 bits per heavy atom. The molecule has 0 bridgehead atoms. The van der Waals surface area contributed by atoms with Gasteiger partial charge in [-0.05, 0) is 48.6 Å². The van der Waals surface area contributed by atoms with Gasteiger partial charge in [-0.15, -0.1) is 16.9 Å². The fourth-order valence-corrected chi connectivity index (χ4v) is 3.12. The molecule has 2 aromatic carbocycles. The molecule has 0 aliphatic rings. The van der Waals surface area contributed by atoms with Crippen molar-refractivity contribution in [1.29, 1.82) is 0 Å². The Balaban J connectivity index is 1.37. The molecule has 26 heavy (non-hydrogen) atoms. The molecule has 0 saturated heterocycles. The Morgan fingerprint density at radius 3 is 2.62 bits per heavy atom. The van der Waals surface area contributed by atoms with E-state index in [-0.39, 0.29) is 11.8 Å². The molecule has 7 heteroatoms. The van der Waals surface area contributed by atoms with Crippen molar-refractivity contribution in [3.8, 4) is 5.69 Å². The molecule has 5 nitrogen and oxygen atoms in total. The Bertz CT molecular complexity index is 836. The van der Waals surface area contributed by atoms with Crippen LogP contribution in [0.4, 0.5) is 15.0 Å². The molecule has 0 aliphatic carbocycles. The maximum Gasteiger partial charge on any atom is 0.320 e. The normalized spacial score (nSPS) is 10.5. The minimum Gasteiger partial charge on any atom is -0.338 e. The number of amides is 2. The number of anilines is 1. The molecular formula is C19H19FN4OS. The van der Waals surface area contributed by atoms with Crippen LogP contribution in [0.25, 0.3) is 5.69 Å². The molecule has 2 N–H and O–H groups in total. The van der Waals surface area contributed by atoms with Crippen LogP contribution in [-0.4, -0.2) is 28.1 Å². The van der Waals surface area contributed by atoms with Gasteiger partial charge in [-0.2, -0.15) is 0 Å². The van der Waals surface area contributed by atoms with E-state index in [1.807, 2.05) is 30.3 Å². The molecule has 0 atom stereocenters. The molecule has 0 fully saturated rings. The molecule has 3 aromatic rings. The smallest absolute Gasteiger partial charge is 0.320 e. The van der Waals surface area contributed by atoms with Crippen molar-refractivity contribution in [3.63, 3.8) is 0 Å². The van der Waals surface area contributed by atoms with Crippen molar-refractivity contribution >= 4 is 23.6 Å². The van der Waals surface area contributed by atoms with Gasteiger partial charge in [-0.25, -0.2) is 13.9 Å². The van der Waals surface area contributed by atoms with Gasteiger partial charge >= 0.3 is 6.03 Å². The number of thioether (sulfide) groups is 1. The number of carbonyl (C=O) groups is 1. The van der Waals surface area contributed by atoms with Crippen LogP contribution in [0.2, 0.25) is 0 Å². The Kier molecular flexibility index (Phi) is 6.27. The van der Waals surface area contributed by atoms with E-state index < -0.39 is 0 Å². The average Bonchev–Trinajstić information content (AvgIpc) is 3.12. The lowest BCUT2D eigenvalue weighted by Gasteiger charge is -2.06. The zero-order valence-corrected chi connectivity index (χ0v) is 14.9. The molecule has 3 rings (SSSR count). The molecule has 0 unspecified atom stereocenters. The van der Waals surface area contributed by atoms with Gasteiger partial charge in [0.25, 0.3) is 0 Å². The zero-order chi connectivity index (χ0) is 18.2. The summed E-state index contributed by atoms with van der Waals surface area (Å²) in [6, 6.07) is 17.5. The largest absolute Gasteiger partial charge is 0.338 e. The van der Waals surface area contributed by atoms with E-state index in [9.17, 15) is 9.18 Å². The first kappa shape index (κ1) is 18.0. The fourth-order valence-electron chi connectivity index (χ4n) is 2.27. The van der Waals surface area contributed by atoms with E-state index in [4.69, 9.17) is 0 Å². The standard InChI is InChI=1S/C19H19FN4OS/c20-15-7-9-17(10-8-15)26-14-4-12-21-19(25)22-18-11-13-24(23-18)16-5-2-1-3-6-16/h1-3,5-11,13H,4,12,14H2,(H2,21,22,23,25). The van der Waals surface area contributed by atoms with Crippen LogP contribution in [0.3, 0.4) is 0 Å². The highest BCUT2D eigenvalue weighted by molar-refractivity contribution is 7.99.